The Balaban J connectivity index is 1.49. The van der Waals surface area contributed by atoms with Crippen LogP contribution in [0.2, 0.25) is 5.02 Å². The first kappa shape index (κ1) is 17.4. The van der Waals surface area contributed by atoms with Crippen molar-refractivity contribution in [2.45, 2.75) is 12.3 Å². The van der Waals surface area contributed by atoms with Gasteiger partial charge >= 0.3 is 0 Å². The van der Waals surface area contributed by atoms with E-state index < -0.39 is 0 Å². The van der Waals surface area contributed by atoms with Crippen LogP contribution in [0.25, 0.3) is 0 Å². The zero-order valence-electron chi connectivity index (χ0n) is 14.6. The Morgan fingerprint density at radius 1 is 1.19 bits per heavy atom. The third-order valence-corrected chi connectivity index (χ3v) is 5.80. The standard InChI is InChI=1S/C21H23ClN2O2/c22-18-6-7-20-15(9-18)8-16(13-26-20)21(25)24-11-17(10-23)19(12-24)14-4-2-1-3-5-14/h1-7,9,16-17,19H,8,10-13,23H2/t16?,17-,19+/m1/s1. The van der Waals surface area contributed by atoms with Crippen LogP contribution in [-0.4, -0.2) is 37.0 Å². The van der Waals surface area contributed by atoms with Gasteiger partial charge in [-0.2, -0.15) is 0 Å². The molecule has 2 heterocycles. The second-order valence-electron chi connectivity index (χ2n) is 7.22. The molecule has 1 saturated heterocycles. The van der Waals surface area contributed by atoms with E-state index in [2.05, 4.69) is 12.1 Å². The van der Waals surface area contributed by atoms with E-state index in [9.17, 15) is 4.79 Å². The fourth-order valence-corrected chi connectivity index (χ4v) is 4.34. The Bertz CT molecular complexity index is 796. The van der Waals surface area contributed by atoms with Crippen LogP contribution in [0.15, 0.2) is 48.5 Å². The summed E-state index contributed by atoms with van der Waals surface area (Å²) in [6.07, 6.45) is 0.675. The minimum Gasteiger partial charge on any atom is -0.492 e. The largest absolute Gasteiger partial charge is 0.492 e. The lowest BCUT2D eigenvalue weighted by Gasteiger charge is -2.28. The van der Waals surface area contributed by atoms with Crippen molar-refractivity contribution in [2.75, 3.05) is 26.2 Å². The van der Waals surface area contributed by atoms with Crippen molar-refractivity contribution in [3.8, 4) is 5.75 Å². The molecular weight excluding hydrogens is 348 g/mol. The third kappa shape index (κ3) is 3.31. The van der Waals surface area contributed by atoms with Crippen LogP contribution in [0.4, 0.5) is 0 Å². The van der Waals surface area contributed by atoms with E-state index in [0.29, 0.717) is 43.0 Å². The molecule has 0 aromatic heterocycles. The van der Waals surface area contributed by atoms with Crippen LogP contribution in [0, 0.1) is 11.8 Å². The monoisotopic (exact) mass is 370 g/mol. The molecule has 2 aromatic rings. The first-order chi connectivity index (χ1) is 12.7. The zero-order chi connectivity index (χ0) is 18.1. The molecule has 2 aliphatic rings. The first-order valence-corrected chi connectivity index (χ1v) is 9.48. The average Bonchev–Trinajstić information content (AvgIpc) is 3.12. The van der Waals surface area contributed by atoms with Gasteiger partial charge in [-0.1, -0.05) is 41.9 Å². The highest BCUT2D eigenvalue weighted by Crippen LogP contribution is 2.35. The Morgan fingerprint density at radius 3 is 2.77 bits per heavy atom. The molecule has 2 aromatic carbocycles. The summed E-state index contributed by atoms with van der Waals surface area (Å²) in [4.78, 5) is 15.1. The Hall–Kier alpha value is -2.04. The maximum atomic E-state index is 13.1. The van der Waals surface area contributed by atoms with Crippen molar-refractivity contribution in [3.05, 3.63) is 64.7 Å². The molecule has 3 atom stereocenters. The highest BCUT2D eigenvalue weighted by Gasteiger charge is 2.38. The summed E-state index contributed by atoms with van der Waals surface area (Å²) < 4.78 is 5.81. The van der Waals surface area contributed by atoms with E-state index in [0.717, 1.165) is 17.9 Å². The number of rotatable bonds is 3. The summed E-state index contributed by atoms with van der Waals surface area (Å²) in [6, 6.07) is 16.0. The van der Waals surface area contributed by atoms with E-state index in [4.69, 9.17) is 22.1 Å². The number of nitrogens with zero attached hydrogens (tertiary/aromatic N) is 1. The van der Waals surface area contributed by atoms with Gasteiger partial charge in [-0.15, -0.1) is 0 Å². The van der Waals surface area contributed by atoms with E-state index in [1.165, 1.54) is 5.56 Å². The Labute approximate surface area is 158 Å². The van der Waals surface area contributed by atoms with E-state index in [1.54, 1.807) is 0 Å². The van der Waals surface area contributed by atoms with Crippen molar-refractivity contribution in [1.29, 1.82) is 0 Å². The van der Waals surface area contributed by atoms with Gasteiger partial charge in [-0.3, -0.25) is 4.79 Å². The number of ether oxygens (including phenoxy) is 1. The third-order valence-electron chi connectivity index (χ3n) is 5.56. The molecule has 2 aliphatic heterocycles. The normalized spacial score (nSPS) is 24.8. The van der Waals surface area contributed by atoms with Gasteiger partial charge in [0.25, 0.3) is 0 Å². The van der Waals surface area contributed by atoms with Gasteiger partial charge in [0, 0.05) is 24.0 Å². The lowest BCUT2D eigenvalue weighted by Crippen LogP contribution is -2.40. The van der Waals surface area contributed by atoms with Crippen molar-refractivity contribution in [2.24, 2.45) is 17.6 Å². The molecule has 4 nitrogen and oxygen atoms in total. The Kier molecular flexibility index (Phi) is 4.88. The first-order valence-electron chi connectivity index (χ1n) is 9.10. The van der Waals surface area contributed by atoms with Crippen LogP contribution in [0.5, 0.6) is 5.75 Å². The highest BCUT2D eigenvalue weighted by atomic mass is 35.5. The van der Waals surface area contributed by atoms with E-state index >= 15 is 0 Å². The summed E-state index contributed by atoms with van der Waals surface area (Å²) in [7, 11) is 0. The van der Waals surface area contributed by atoms with E-state index in [-0.39, 0.29) is 11.8 Å². The molecule has 0 bridgehead atoms. The topological polar surface area (TPSA) is 55.6 Å². The van der Waals surface area contributed by atoms with Crippen molar-refractivity contribution >= 4 is 17.5 Å². The summed E-state index contributed by atoms with van der Waals surface area (Å²) in [5, 5.41) is 0.675. The minimum absolute atomic E-state index is 0.158. The van der Waals surface area contributed by atoms with E-state index in [1.807, 2.05) is 41.3 Å². The Morgan fingerprint density at radius 2 is 2.00 bits per heavy atom. The van der Waals surface area contributed by atoms with Crippen molar-refractivity contribution in [3.63, 3.8) is 0 Å². The number of carbonyl (C=O) groups excluding carboxylic acids is 1. The number of halogens is 1. The number of benzene rings is 2. The molecule has 5 heteroatoms. The number of nitrogens with two attached hydrogens (primary N) is 1. The van der Waals surface area contributed by atoms with Crippen molar-refractivity contribution in [1.82, 2.24) is 4.90 Å². The number of likely N-dealkylation sites (tertiary alicyclic amines) is 1. The van der Waals surface area contributed by atoms with Gasteiger partial charge in [0.2, 0.25) is 5.91 Å². The summed E-state index contributed by atoms with van der Waals surface area (Å²) in [6.45, 7) is 2.45. The molecule has 0 radical (unpaired) electrons. The molecule has 2 N–H and O–H groups in total. The second-order valence-corrected chi connectivity index (χ2v) is 7.66. The van der Waals surface area contributed by atoms with Gasteiger partial charge in [0.15, 0.2) is 0 Å². The molecular formula is C21H23ClN2O2. The van der Waals surface area contributed by atoms with Gasteiger partial charge in [0.1, 0.15) is 12.4 Å². The zero-order valence-corrected chi connectivity index (χ0v) is 15.4. The summed E-state index contributed by atoms with van der Waals surface area (Å²) in [5.41, 5.74) is 8.27. The number of amides is 1. The SMILES string of the molecule is NC[C@@H]1CN(C(=O)C2COc3ccc(Cl)cc3C2)C[C@H]1c1ccccc1. The molecule has 4 rings (SSSR count). The van der Waals surface area contributed by atoms with Gasteiger partial charge in [-0.25, -0.2) is 0 Å². The fourth-order valence-electron chi connectivity index (χ4n) is 4.15. The number of hydrogen-bond acceptors (Lipinski definition) is 3. The molecule has 136 valence electrons. The lowest BCUT2D eigenvalue weighted by molar-refractivity contribution is -0.136. The van der Waals surface area contributed by atoms with Gasteiger partial charge in [-0.05, 0) is 48.2 Å². The summed E-state index contributed by atoms with van der Waals surface area (Å²) in [5.74, 6) is 1.44. The molecule has 0 spiro atoms. The predicted molar refractivity (Wildman–Crippen MR) is 102 cm³/mol. The second kappa shape index (κ2) is 7.29. The van der Waals surface area contributed by atoms with Crippen molar-refractivity contribution < 1.29 is 9.53 Å². The van der Waals surface area contributed by atoms with Crippen LogP contribution in [0.1, 0.15) is 17.0 Å². The van der Waals surface area contributed by atoms with Crippen LogP contribution in [0.3, 0.4) is 0 Å². The lowest BCUT2D eigenvalue weighted by atomic mass is 9.89. The smallest absolute Gasteiger partial charge is 0.229 e. The molecule has 0 saturated carbocycles. The maximum Gasteiger partial charge on any atom is 0.229 e. The number of carbonyl (C=O) groups is 1. The van der Waals surface area contributed by atoms with Crippen LogP contribution < -0.4 is 10.5 Å². The molecule has 26 heavy (non-hydrogen) atoms. The predicted octanol–water partition coefficient (Wildman–Crippen LogP) is 3.09. The molecule has 0 aliphatic carbocycles. The van der Waals surface area contributed by atoms with Crippen LogP contribution >= 0.6 is 11.6 Å². The fraction of sp³-hybridized carbons (Fsp3) is 0.381. The molecule has 1 amide bonds. The quantitative estimate of drug-likeness (QED) is 0.903. The minimum atomic E-state index is -0.158. The summed E-state index contributed by atoms with van der Waals surface area (Å²) >= 11 is 6.09. The number of fused-ring (bicyclic) bond motifs is 1. The maximum absolute atomic E-state index is 13.1. The average molecular weight is 371 g/mol. The van der Waals surface area contributed by atoms with Crippen LogP contribution in [-0.2, 0) is 11.2 Å². The number of hydrogen-bond donors (Lipinski definition) is 1. The molecule has 1 fully saturated rings. The van der Waals surface area contributed by atoms with Gasteiger partial charge < -0.3 is 15.4 Å². The van der Waals surface area contributed by atoms with Gasteiger partial charge in [0.05, 0.1) is 5.92 Å². The highest BCUT2D eigenvalue weighted by molar-refractivity contribution is 6.30. The molecule has 1 unspecified atom stereocenters.